The number of nitrogen functional groups attached to an aromatic ring is 1. The van der Waals surface area contributed by atoms with E-state index in [4.69, 9.17) is 10.5 Å². The molecule has 0 aliphatic rings. The van der Waals surface area contributed by atoms with E-state index in [1.165, 1.54) is 0 Å². The zero-order valence-corrected chi connectivity index (χ0v) is 11.2. The van der Waals surface area contributed by atoms with E-state index in [0.29, 0.717) is 11.3 Å². The number of nitrogens with two attached hydrogens (primary N) is 1. The van der Waals surface area contributed by atoms with Gasteiger partial charge in [0, 0.05) is 10.2 Å². The molecule has 3 nitrogen and oxygen atoms in total. The highest BCUT2D eigenvalue weighted by molar-refractivity contribution is 9.10. The summed E-state index contributed by atoms with van der Waals surface area (Å²) in [6.45, 7) is 0.253. The monoisotopic (exact) mass is 305 g/mol. The van der Waals surface area contributed by atoms with E-state index in [2.05, 4.69) is 15.9 Å². The van der Waals surface area contributed by atoms with Crippen molar-refractivity contribution >= 4 is 27.6 Å². The third-order valence-corrected chi connectivity index (χ3v) is 2.90. The molecule has 2 aromatic carbocycles. The van der Waals surface area contributed by atoms with E-state index in [0.717, 1.165) is 10.0 Å². The van der Waals surface area contributed by atoms with Crippen LogP contribution in [0.4, 0.5) is 5.69 Å². The first-order valence-electron chi connectivity index (χ1n) is 5.42. The van der Waals surface area contributed by atoms with Crippen molar-refractivity contribution in [2.45, 2.75) is 6.61 Å². The molecule has 0 unspecified atom stereocenters. The number of esters is 1. The summed E-state index contributed by atoms with van der Waals surface area (Å²) in [5.41, 5.74) is 7.61. The van der Waals surface area contributed by atoms with Gasteiger partial charge in [0.1, 0.15) is 6.61 Å². The number of ether oxygens (including phenoxy) is 1. The Labute approximate surface area is 114 Å². The molecule has 2 N–H and O–H groups in total. The first-order chi connectivity index (χ1) is 8.65. The lowest BCUT2D eigenvalue weighted by molar-refractivity contribution is 0.0472. The van der Waals surface area contributed by atoms with Crippen LogP contribution in [0.15, 0.2) is 53.0 Å². The highest BCUT2D eigenvalue weighted by atomic mass is 79.9. The maximum atomic E-state index is 11.7. The molecule has 18 heavy (non-hydrogen) atoms. The Kier molecular flexibility index (Phi) is 3.99. The number of carbonyl (C=O) groups is 1. The Bertz CT molecular complexity index is 552. The predicted octanol–water partition coefficient (Wildman–Crippen LogP) is 3.39. The second-order valence-corrected chi connectivity index (χ2v) is 4.74. The van der Waals surface area contributed by atoms with Crippen LogP contribution in [0.25, 0.3) is 0 Å². The van der Waals surface area contributed by atoms with Gasteiger partial charge in [-0.1, -0.05) is 28.1 Å². The van der Waals surface area contributed by atoms with Crippen LogP contribution in [0.2, 0.25) is 0 Å². The summed E-state index contributed by atoms with van der Waals surface area (Å²) in [4.78, 5) is 11.7. The molecule has 92 valence electrons. The summed E-state index contributed by atoms with van der Waals surface area (Å²) in [5, 5.41) is 0. The quantitative estimate of drug-likeness (QED) is 0.698. The van der Waals surface area contributed by atoms with Crippen molar-refractivity contribution in [2.75, 3.05) is 5.73 Å². The van der Waals surface area contributed by atoms with E-state index >= 15 is 0 Å². The molecular weight excluding hydrogens is 294 g/mol. The van der Waals surface area contributed by atoms with E-state index in [1.54, 1.807) is 24.3 Å². The molecule has 0 saturated carbocycles. The lowest BCUT2D eigenvalue weighted by atomic mass is 10.2. The summed E-state index contributed by atoms with van der Waals surface area (Å²) in [6, 6.07) is 14.3. The average Bonchev–Trinajstić information content (AvgIpc) is 2.37. The molecule has 2 rings (SSSR count). The third kappa shape index (κ3) is 3.34. The number of carbonyl (C=O) groups excluding carboxylic acids is 1. The van der Waals surface area contributed by atoms with E-state index in [1.807, 2.05) is 24.3 Å². The molecule has 0 atom stereocenters. The first-order valence-corrected chi connectivity index (χ1v) is 6.21. The van der Waals surface area contributed by atoms with Crippen molar-refractivity contribution in [3.63, 3.8) is 0 Å². The van der Waals surface area contributed by atoms with Crippen molar-refractivity contribution in [2.24, 2.45) is 0 Å². The molecule has 0 aliphatic carbocycles. The number of halogens is 1. The summed E-state index contributed by atoms with van der Waals surface area (Å²) in [5.74, 6) is -0.352. The van der Waals surface area contributed by atoms with Gasteiger partial charge in [0.25, 0.3) is 0 Å². The van der Waals surface area contributed by atoms with Crippen LogP contribution in [-0.4, -0.2) is 5.97 Å². The number of anilines is 1. The Morgan fingerprint density at radius 3 is 2.56 bits per heavy atom. The number of hydrogen-bond donors (Lipinski definition) is 1. The Balaban J connectivity index is 1.98. The van der Waals surface area contributed by atoms with Gasteiger partial charge < -0.3 is 10.5 Å². The minimum atomic E-state index is -0.352. The maximum Gasteiger partial charge on any atom is 0.338 e. The second kappa shape index (κ2) is 5.69. The Morgan fingerprint density at radius 2 is 1.89 bits per heavy atom. The van der Waals surface area contributed by atoms with Crippen LogP contribution in [0.3, 0.4) is 0 Å². The molecule has 0 aliphatic heterocycles. The van der Waals surface area contributed by atoms with Crippen LogP contribution in [-0.2, 0) is 11.3 Å². The highest BCUT2D eigenvalue weighted by Crippen LogP contribution is 2.13. The summed E-state index contributed by atoms with van der Waals surface area (Å²) < 4.78 is 6.17. The molecule has 0 spiro atoms. The van der Waals surface area contributed by atoms with Gasteiger partial charge in [0.05, 0.1) is 5.56 Å². The molecule has 0 heterocycles. The molecule has 2 aromatic rings. The zero-order chi connectivity index (χ0) is 13.0. The van der Waals surface area contributed by atoms with Crippen molar-refractivity contribution in [3.8, 4) is 0 Å². The predicted molar refractivity (Wildman–Crippen MR) is 74.1 cm³/mol. The van der Waals surface area contributed by atoms with Gasteiger partial charge in [-0.05, 0) is 42.0 Å². The first kappa shape index (κ1) is 12.6. The van der Waals surface area contributed by atoms with Gasteiger partial charge in [-0.3, -0.25) is 0 Å². The van der Waals surface area contributed by atoms with Crippen molar-refractivity contribution in [3.05, 3.63) is 64.1 Å². The van der Waals surface area contributed by atoms with Crippen LogP contribution < -0.4 is 5.73 Å². The fourth-order valence-electron chi connectivity index (χ4n) is 1.48. The number of benzene rings is 2. The summed E-state index contributed by atoms with van der Waals surface area (Å²) >= 11 is 3.37. The summed E-state index contributed by atoms with van der Waals surface area (Å²) in [6.07, 6.45) is 0. The molecule has 4 heteroatoms. The zero-order valence-electron chi connectivity index (χ0n) is 9.60. The van der Waals surface area contributed by atoms with Crippen LogP contribution in [0, 0.1) is 0 Å². The fraction of sp³-hybridized carbons (Fsp3) is 0.0714. The third-order valence-electron chi connectivity index (χ3n) is 2.41. The normalized spacial score (nSPS) is 10.1. The smallest absolute Gasteiger partial charge is 0.338 e. The Morgan fingerprint density at radius 1 is 1.17 bits per heavy atom. The van der Waals surface area contributed by atoms with Crippen molar-refractivity contribution in [1.82, 2.24) is 0 Å². The van der Waals surface area contributed by atoms with Crippen LogP contribution >= 0.6 is 15.9 Å². The minimum Gasteiger partial charge on any atom is -0.457 e. The lowest BCUT2D eigenvalue weighted by Crippen LogP contribution is -2.05. The lowest BCUT2D eigenvalue weighted by Gasteiger charge is -2.05. The standard InChI is InChI=1S/C14H12BrNO2/c15-12-3-1-2-10(8-12)9-18-14(17)11-4-6-13(16)7-5-11/h1-8H,9,16H2. The van der Waals surface area contributed by atoms with Gasteiger partial charge in [-0.15, -0.1) is 0 Å². The Hall–Kier alpha value is -1.81. The van der Waals surface area contributed by atoms with E-state index in [-0.39, 0.29) is 12.6 Å². The maximum absolute atomic E-state index is 11.7. The largest absolute Gasteiger partial charge is 0.457 e. The number of hydrogen-bond acceptors (Lipinski definition) is 3. The SMILES string of the molecule is Nc1ccc(C(=O)OCc2cccc(Br)c2)cc1. The fourth-order valence-corrected chi connectivity index (χ4v) is 1.92. The molecular formula is C14H12BrNO2. The van der Waals surface area contributed by atoms with Gasteiger partial charge >= 0.3 is 5.97 Å². The molecule has 0 bridgehead atoms. The number of rotatable bonds is 3. The second-order valence-electron chi connectivity index (χ2n) is 3.83. The minimum absolute atomic E-state index is 0.253. The van der Waals surface area contributed by atoms with E-state index < -0.39 is 0 Å². The van der Waals surface area contributed by atoms with Crippen LogP contribution in [0.1, 0.15) is 15.9 Å². The molecule has 0 amide bonds. The molecule has 0 saturated heterocycles. The molecule has 0 aromatic heterocycles. The van der Waals surface area contributed by atoms with Gasteiger partial charge in [0.2, 0.25) is 0 Å². The van der Waals surface area contributed by atoms with Crippen molar-refractivity contribution < 1.29 is 9.53 Å². The van der Waals surface area contributed by atoms with Crippen molar-refractivity contribution in [1.29, 1.82) is 0 Å². The van der Waals surface area contributed by atoms with Gasteiger partial charge in [-0.25, -0.2) is 4.79 Å². The highest BCUT2D eigenvalue weighted by Gasteiger charge is 2.06. The average molecular weight is 306 g/mol. The molecule has 0 fully saturated rings. The van der Waals surface area contributed by atoms with Gasteiger partial charge in [0.15, 0.2) is 0 Å². The van der Waals surface area contributed by atoms with Gasteiger partial charge in [-0.2, -0.15) is 0 Å². The van der Waals surface area contributed by atoms with Crippen LogP contribution in [0.5, 0.6) is 0 Å². The topological polar surface area (TPSA) is 52.3 Å². The van der Waals surface area contributed by atoms with E-state index in [9.17, 15) is 4.79 Å². The molecule has 0 radical (unpaired) electrons. The summed E-state index contributed by atoms with van der Waals surface area (Å²) in [7, 11) is 0.